The van der Waals surface area contributed by atoms with Gasteiger partial charge in [0, 0.05) is 18.0 Å². The van der Waals surface area contributed by atoms with Crippen molar-refractivity contribution in [1.29, 1.82) is 0 Å². The van der Waals surface area contributed by atoms with E-state index in [1.54, 1.807) is 7.11 Å². The van der Waals surface area contributed by atoms with Crippen molar-refractivity contribution in [1.82, 2.24) is 14.9 Å². The number of ether oxygens (including phenoxy) is 1. The van der Waals surface area contributed by atoms with Crippen LogP contribution in [0.1, 0.15) is 33.2 Å². The number of ketones is 1. The fraction of sp³-hybridized carbons (Fsp3) is 0.409. The molecular weight excluding hydrogens is 418 g/mol. The number of methoxy groups -OCH3 is 1. The summed E-state index contributed by atoms with van der Waals surface area (Å²) in [4.78, 5) is 25.7. The van der Waals surface area contributed by atoms with E-state index in [0.29, 0.717) is 29.3 Å². The lowest BCUT2D eigenvalue weighted by molar-refractivity contribution is -0.0172. The Labute approximate surface area is 184 Å². The van der Waals surface area contributed by atoms with Crippen LogP contribution in [0.25, 0.3) is 10.9 Å². The molecule has 1 N–H and O–H groups in total. The lowest BCUT2D eigenvalue weighted by Gasteiger charge is -2.35. The van der Waals surface area contributed by atoms with Gasteiger partial charge in [-0.15, -0.1) is 11.3 Å². The van der Waals surface area contributed by atoms with E-state index in [1.165, 1.54) is 23.1 Å². The molecule has 0 amide bonds. The zero-order valence-corrected chi connectivity index (χ0v) is 19.0. The Morgan fingerprint density at radius 2 is 2.03 bits per heavy atom. The summed E-state index contributed by atoms with van der Waals surface area (Å²) in [5, 5.41) is 12.6. The molecule has 0 bridgehead atoms. The van der Waals surface area contributed by atoms with Crippen LogP contribution in [0.4, 0.5) is 0 Å². The van der Waals surface area contributed by atoms with E-state index < -0.39 is 5.60 Å². The van der Waals surface area contributed by atoms with E-state index in [9.17, 15) is 9.90 Å². The number of fused-ring (bicyclic) bond motifs is 1. The predicted octanol–water partition coefficient (Wildman–Crippen LogP) is 3.90. The summed E-state index contributed by atoms with van der Waals surface area (Å²) in [6.45, 7) is 3.56. The molecule has 1 saturated heterocycles. The molecule has 0 radical (unpaired) electrons. The third kappa shape index (κ3) is 4.23. The number of benzene rings is 1. The number of aliphatic hydroxyl groups is 1. The predicted molar refractivity (Wildman–Crippen MR) is 121 cm³/mol. The van der Waals surface area contributed by atoms with Crippen LogP contribution in [0.2, 0.25) is 0 Å². The van der Waals surface area contributed by atoms with E-state index in [4.69, 9.17) is 4.74 Å². The first-order valence-electron chi connectivity index (χ1n) is 9.88. The molecule has 4 rings (SSSR count). The monoisotopic (exact) mass is 443 g/mol. The molecule has 6 nitrogen and oxygen atoms in total. The smallest absolute Gasteiger partial charge is 0.183 e. The van der Waals surface area contributed by atoms with Gasteiger partial charge in [0.05, 0.1) is 28.6 Å². The Morgan fingerprint density at radius 1 is 1.27 bits per heavy atom. The molecule has 1 fully saturated rings. The second-order valence-electron chi connectivity index (χ2n) is 7.64. The fourth-order valence-corrected chi connectivity index (χ4v) is 5.83. The van der Waals surface area contributed by atoms with Crippen LogP contribution >= 0.6 is 23.1 Å². The van der Waals surface area contributed by atoms with Gasteiger partial charge >= 0.3 is 0 Å². The molecule has 30 heavy (non-hydrogen) atoms. The van der Waals surface area contributed by atoms with Gasteiger partial charge in [-0.05, 0) is 51.1 Å². The quantitative estimate of drug-likeness (QED) is 0.352. The molecule has 2 aromatic heterocycles. The highest BCUT2D eigenvalue weighted by atomic mass is 32.2. The van der Waals surface area contributed by atoms with E-state index in [1.807, 2.05) is 37.3 Å². The normalized spacial score (nSPS) is 16.7. The Balaban J connectivity index is 1.52. The summed E-state index contributed by atoms with van der Waals surface area (Å²) in [5.74, 6) is 1.66. The number of likely N-dealkylation sites (tertiary alicyclic amines) is 1. The van der Waals surface area contributed by atoms with Crippen LogP contribution in [0.15, 0.2) is 35.4 Å². The average Bonchev–Trinajstić information content (AvgIpc) is 3.24. The molecule has 1 aromatic carbocycles. The molecule has 8 heteroatoms. The number of carbonyl (C=O) groups excluding carboxylic acids is 1. The number of aryl methyl sites for hydroxylation is 1. The number of nitrogens with zero attached hydrogens (tertiary/aromatic N) is 3. The van der Waals surface area contributed by atoms with E-state index in [-0.39, 0.29) is 11.5 Å². The van der Waals surface area contributed by atoms with Gasteiger partial charge in [-0.2, -0.15) is 0 Å². The molecule has 0 spiro atoms. The van der Waals surface area contributed by atoms with Gasteiger partial charge in [0.15, 0.2) is 5.78 Å². The van der Waals surface area contributed by atoms with E-state index >= 15 is 0 Å². The van der Waals surface area contributed by atoms with Crippen molar-refractivity contribution in [2.24, 2.45) is 0 Å². The van der Waals surface area contributed by atoms with Gasteiger partial charge in [0.1, 0.15) is 22.2 Å². The third-order valence-corrected chi connectivity index (χ3v) is 7.77. The van der Waals surface area contributed by atoms with Crippen LogP contribution < -0.4 is 4.74 Å². The molecule has 0 unspecified atom stereocenters. The Kier molecular flexibility index (Phi) is 6.11. The lowest BCUT2D eigenvalue weighted by atomic mass is 9.90. The summed E-state index contributed by atoms with van der Waals surface area (Å²) in [5.41, 5.74) is -0.0180. The van der Waals surface area contributed by atoms with Gasteiger partial charge in [0.2, 0.25) is 0 Å². The first-order valence-corrected chi connectivity index (χ1v) is 11.7. The summed E-state index contributed by atoms with van der Waals surface area (Å²) in [6.07, 6.45) is 1.39. The van der Waals surface area contributed by atoms with Gasteiger partial charge in [-0.1, -0.05) is 17.8 Å². The molecule has 3 aromatic rings. The maximum Gasteiger partial charge on any atom is 0.183 e. The van der Waals surface area contributed by atoms with Gasteiger partial charge in [-0.3, -0.25) is 4.79 Å². The second kappa shape index (κ2) is 8.63. The van der Waals surface area contributed by atoms with E-state index in [2.05, 4.69) is 21.9 Å². The minimum atomic E-state index is -0.823. The minimum absolute atomic E-state index is 0.0343. The number of piperidine rings is 1. The molecule has 0 aliphatic carbocycles. The number of thiophene rings is 1. The maximum absolute atomic E-state index is 12.9. The number of thioether (sulfide) groups is 1. The first kappa shape index (κ1) is 21.2. The van der Waals surface area contributed by atoms with Crippen molar-refractivity contribution in [3.8, 4) is 5.75 Å². The average molecular weight is 444 g/mol. The number of hydrogen-bond acceptors (Lipinski definition) is 8. The number of rotatable bonds is 6. The number of hydrogen-bond donors (Lipinski definition) is 1. The standard InChI is InChI=1S/C22H25N3O3S2/c1-14-23-15-5-4-6-17(28-3)20(15)21(24-14)29-13-16(26)18-7-8-19(30-18)22(27)9-11-25(2)12-10-22/h4-8,27H,9-13H2,1-3H3. The van der Waals surface area contributed by atoms with E-state index in [0.717, 1.165) is 33.9 Å². The molecular formula is C22H25N3O3S2. The highest BCUT2D eigenvalue weighted by Crippen LogP contribution is 2.38. The summed E-state index contributed by atoms with van der Waals surface area (Å²) in [6, 6.07) is 9.44. The van der Waals surface area contributed by atoms with Crippen molar-refractivity contribution in [2.45, 2.75) is 30.4 Å². The molecule has 1 aliphatic heterocycles. The third-order valence-electron chi connectivity index (χ3n) is 5.48. The number of carbonyl (C=O) groups is 1. The van der Waals surface area contributed by atoms with Crippen molar-refractivity contribution in [3.63, 3.8) is 0 Å². The summed E-state index contributed by atoms with van der Waals surface area (Å²) < 4.78 is 5.48. The Morgan fingerprint density at radius 3 is 2.77 bits per heavy atom. The van der Waals surface area contributed by atoms with Gasteiger partial charge in [-0.25, -0.2) is 9.97 Å². The van der Waals surface area contributed by atoms with Crippen LogP contribution in [-0.2, 0) is 5.60 Å². The minimum Gasteiger partial charge on any atom is -0.496 e. The molecule has 1 aliphatic rings. The first-order chi connectivity index (χ1) is 14.4. The van der Waals surface area contributed by atoms with Gasteiger partial charge < -0.3 is 14.7 Å². The SMILES string of the molecule is COc1cccc2nc(C)nc(SCC(=O)c3ccc(C4(O)CCN(C)CC4)s3)c12. The molecule has 0 atom stereocenters. The Bertz CT molecular complexity index is 1070. The molecule has 0 saturated carbocycles. The van der Waals surface area contributed by atoms with Crippen LogP contribution in [0.5, 0.6) is 5.75 Å². The van der Waals surface area contributed by atoms with Crippen molar-refractivity contribution >= 4 is 39.8 Å². The van der Waals surface area contributed by atoms with Crippen molar-refractivity contribution in [2.75, 3.05) is 33.0 Å². The van der Waals surface area contributed by atoms with Crippen LogP contribution in [0, 0.1) is 6.92 Å². The maximum atomic E-state index is 12.9. The number of Topliss-reactive ketones (excluding diaryl/α,β-unsaturated/α-hetero) is 1. The zero-order chi connectivity index (χ0) is 21.3. The highest BCUT2D eigenvalue weighted by Gasteiger charge is 2.34. The number of aromatic nitrogens is 2. The lowest BCUT2D eigenvalue weighted by Crippen LogP contribution is -2.40. The Hall–Kier alpha value is -2.00. The summed E-state index contributed by atoms with van der Waals surface area (Å²) in [7, 11) is 3.68. The topological polar surface area (TPSA) is 75.5 Å². The highest BCUT2D eigenvalue weighted by molar-refractivity contribution is 8.00. The fourth-order valence-electron chi connectivity index (χ4n) is 3.68. The zero-order valence-electron chi connectivity index (χ0n) is 17.3. The van der Waals surface area contributed by atoms with Crippen molar-refractivity contribution < 1.29 is 14.6 Å². The summed E-state index contributed by atoms with van der Waals surface area (Å²) >= 11 is 2.81. The van der Waals surface area contributed by atoms with Crippen LogP contribution in [0.3, 0.4) is 0 Å². The van der Waals surface area contributed by atoms with Crippen molar-refractivity contribution in [3.05, 3.63) is 45.9 Å². The molecule has 158 valence electrons. The largest absolute Gasteiger partial charge is 0.496 e. The van der Waals surface area contributed by atoms with Crippen LogP contribution in [-0.4, -0.2) is 58.8 Å². The molecule has 3 heterocycles. The second-order valence-corrected chi connectivity index (χ2v) is 9.69. The van der Waals surface area contributed by atoms with Gasteiger partial charge in [0.25, 0.3) is 0 Å².